The second-order valence-electron chi connectivity index (χ2n) is 5.00. The van der Waals surface area contributed by atoms with Crippen molar-refractivity contribution in [3.63, 3.8) is 0 Å². The molecule has 1 aromatic rings. The van der Waals surface area contributed by atoms with Crippen molar-refractivity contribution in [2.45, 2.75) is 25.1 Å². The van der Waals surface area contributed by atoms with E-state index in [0.717, 1.165) is 0 Å². The molecule has 0 saturated carbocycles. The molecular weight excluding hydrogens is 350 g/mol. The van der Waals surface area contributed by atoms with Crippen LogP contribution in [-0.2, 0) is 16.0 Å². The monoisotopic (exact) mass is 367 g/mol. The van der Waals surface area contributed by atoms with Crippen LogP contribution in [0, 0.1) is 0 Å². The van der Waals surface area contributed by atoms with Gasteiger partial charge in [-0.1, -0.05) is 6.07 Å². The van der Waals surface area contributed by atoms with Crippen LogP contribution in [0.1, 0.15) is 12.0 Å². The first-order valence-corrected chi connectivity index (χ1v) is 7.11. The number of carboxylic acids is 1. The Bertz CT molecular complexity index is 606. The number of ether oxygens (including phenoxy) is 2. The molecule has 0 spiro atoms. The minimum Gasteiger partial charge on any atom is -0.493 e. The number of rotatable bonds is 9. The van der Waals surface area contributed by atoms with Crippen LogP contribution in [0.3, 0.4) is 0 Å². The van der Waals surface area contributed by atoms with Crippen molar-refractivity contribution < 1.29 is 41.7 Å². The third-order valence-electron chi connectivity index (χ3n) is 3.05. The third kappa shape index (κ3) is 7.27. The Hall–Kier alpha value is -2.52. The third-order valence-corrected chi connectivity index (χ3v) is 3.05. The van der Waals surface area contributed by atoms with Crippen molar-refractivity contribution in [3.8, 4) is 11.5 Å². The summed E-state index contributed by atoms with van der Waals surface area (Å²) in [5.41, 5.74) is 0.554. The molecule has 0 aliphatic carbocycles. The fourth-order valence-electron chi connectivity index (χ4n) is 1.84. The molecule has 1 atom stereocenters. The van der Waals surface area contributed by atoms with Crippen molar-refractivity contribution in [3.05, 3.63) is 23.8 Å². The first kappa shape index (κ1) is 20.5. The van der Waals surface area contributed by atoms with E-state index >= 15 is 0 Å². The normalized spacial score (nSPS) is 12.4. The van der Waals surface area contributed by atoms with Crippen LogP contribution in [-0.4, -0.2) is 49.6 Å². The van der Waals surface area contributed by atoms with Crippen molar-refractivity contribution in [1.82, 2.24) is 5.32 Å². The van der Waals surface area contributed by atoms with E-state index in [4.69, 9.17) is 9.84 Å². The molecule has 0 bridgehead atoms. The van der Waals surface area contributed by atoms with Gasteiger partial charge in [0.15, 0.2) is 24.1 Å². The van der Waals surface area contributed by atoms with E-state index in [1.54, 1.807) is 0 Å². The predicted octanol–water partition coefficient (Wildman–Crippen LogP) is 2.11. The number of carbonyl (C=O) groups excluding carboxylic acids is 1. The molecule has 0 radical (unpaired) electrons. The number of nitrogens with one attached hydrogen (secondary N) is 1. The van der Waals surface area contributed by atoms with E-state index in [2.05, 4.69) is 4.74 Å². The van der Waals surface area contributed by atoms with E-state index in [9.17, 15) is 27.2 Å². The summed E-state index contributed by atoms with van der Waals surface area (Å²) < 4.78 is 58.5. The van der Waals surface area contributed by atoms with E-state index in [1.807, 2.05) is 5.32 Å². The second-order valence-corrected chi connectivity index (χ2v) is 5.00. The topological polar surface area (TPSA) is 84.9 Å². The number of hydrogen-bond acceptors (Lipinski definition) is 4. The van der Waals surface area contributed by atoms with E-state index in [0.29, 0.717) is 5.56 Å². The summed E-state index contributed by atoms with van der Waals surface area (Å²) in [6.45, 7) is -2.70. The number of halogens is 4. The number of aryl methyl sites for hydroxylation is 1. The van der Waals surface area contributed by atoms with E-state index in [-0.39, 0.29) is 24.3 Å². The maximum Gasteiger partial charge on any atom is 0.422 e. The molecule has 1 aromatic carbocycles. The fourth-order valence-corrected chi connectivity index (χ4v) is 1.84. The van der Waals surface area contributed by atoms with Crippen LogP contribution in [0.5, 0.6) is 11.5 Å². The molecule has 0 aliphatic heterocycles. The average Bonchev–Trinajstić information content (AvgIpc) is 2.55. The van der Waals surface area contributed by atoms with Gasteiger partial charge < -0.3 is 19.9 Å². The van der Waals surface area contributed by atoms with E-state index in [1.165, 1.54) is 25.3 Å². The number of carboxylic acid groups (broad SMARTS) is 1. The summed E-state index contributed by atoms with van der Waals surface area (Å²) >= 11 is 0. The molecule has 6 nitrogen and oxygen atoms in total. The molecule has 0 aromatic heterocycles. The van der Waals surface area contributed by atoms with Crippen molar-refractivity contribution >= 4 is 11.9 Å². The number of aliphatic carboxylic acids is 1. The van der Waals surface area contributed by atoms with Gasteiger partial charge in [0.2, 0.25) is 5.91 Å². The van der Waals surface area contributed by atoms with Crippen LogP contribution in [0.15, 0.2) is 18.2 Å². The predicted molar refractivity (Wildman–Crippen MR) is 78.4 cm³/mol. The Morgan fingerprint density at radius 1 is 1.28 bits per heavy atom. The highest BCUT2D eigenvalue weighted by Gasteiger charge is 2.29. The SMILES string of the molecule is COc1cc(CCC(=O)NC(CF)C(=O)O)ccc1OCC(F)(F)F. The lowest BCUT2D eigenvalue weighted by molar-refractivity contribution is -0.153. The molecule has 25 heavy (non-hydrogen) atoms. The summed E-state index contributed by atoms with van der Waals surface area (Å²) in [6.07, 6.45) is -4.46. The zero-order chi connectivity index (χ0) is 19.0. The molecule has 2 N–H and O–H groups in total. The summed E-state index contributed by atoms with van der Waals surface area (Å²) in [5.74, 6) is -2.18. The largest absolute Gasteiger partial charge is 0.493 e. The van der Waals surface area contributed by atoms with Crippen LogP contribution in [0.4, 0.5) is 17.6 Å². The van der Waals surface area contributed by atoms with Crippen LogP contribution < -0.4 is 14.8 Å². The van der Waals surface area contributed by atoms with Crippen LogP contribution in [0.25, 0.3) is 0 Å². The summed E-state index contributed by atoms with van der Waals surface area (Å²) in [4.78, 5) is 22.2. The zero-order valence-electron chi connectivity index (χ0n) is 13.2. The molecule has 1 rings (SSSR count). The second kappa shape index (κ2) is 9.09. The lowest BCUT2D eigenvalue weighted by Gasteiger charge is -2.14. The molecule has 0 saturated heterocycles. The van der Waals surface area contributed by atoms with Gasteiger partial charge >= 0.3 is 12.1 Å². The number of amides is 1. The van der Waals surface area contributed by atoms with Crippen molar-refractivity contribution in [2.75, 3.05) is 20.4 Å². The Labute approximate surface area is 140 Å². The Balaban J connectivity index is 2.65. The maximum absolute atomic E-state index is 12.4. The smallest absolute Gasteiger partial charge is 0.422 e. The Morgan fingerprint density at radius 2 is 1.96 bits per heavy atom. The molecule has 140 valence electrons. The van der Waals surface area contributed by atoms with Gasteiger partial charge in [0.25, 0.3) is 0 Å². The van der Waals surface area contributed by atoms with Gasteiger partial charge in [-0.3, -0.25) is 4.79 Å². The number of hydrogen-bond donors (Lipinski definition) is 2. The quantitative estimate of drug-likeness (QED) is 0.653. The van der Waals surface area contributed by atoms with Gasteiger partial charge in [-0.15, -0.1) is 0 Å². The van der Waals surface area contributed by atoms with Crippen molar-refractivity contribution in [2.24, 2.45) is 0 Å². The van der Waals surface area contributed by atoms with Crippen molar-refractivity contribution in [1.29, 1.82) is 0 Å². The molecule has 0 fully saturated rings. The standard InChI is InChI=1S/C15H17F4NO5/c1-24-12-6-9(2-4-11(12)25-8-15(17,18)19)3-5-13(21)20-10(7-16)14(22)23/h2,4,6,10H,3,5,7-8H2,1H3,(H,20,21)(H,22,23). The maximum atomic E-state index is 12.4. The number of carbonyl (C=O) groups is 2. The molecular formula is C15H17F4NO5. The minimum atomic E-state index is -4.49. The lowest BCUT2D eigenvalue weighted by atomic mass is 10.1. The Kier molecular flexibility index (Phi) is 7.46. The van der Waals surface area contributed by atoms with Gasteiger partial charge in [0.05, 0.1) is 7.11 Å². The van der Waals surface area contributed by atoms with Gasteiger partial charge in [-0.25, -0.2) is 9.18 Å². The average molecular weight is 367 g/mol. The number of alkyl halides is 4. The first-order valence-electron chi connectivity index (χ1n) is 7.11. The fraction of sp³-hybridized carbons (Fsp3) is 0.467. The zero-order valence-corrected chi connectivity index (χ0v) is 13.2. The molecule has 0 aliphatic rings. The highest BCUT2D eigenvalue weighted by atomic mass is 19.4. The highest BCUT2D eigenvalue weighted by molar-refractivity contribution is 5.83. The molecule has 0 heterocycles. The first-order chi connectivity index (χ1) is 11.7. The highest BCUT2D eigenvalue weighted by Crippen LogP contribution is 2.30. The van der Waals surface area contributed by atoms with E-state index < -0.39 is 37.4 Å². The lowest BCUT2D eigenvalue weighted by Crippen LogP contribution is -2.42. The minimum absolute atomic E-state index is 0.0642. The molecule has 1 unspecified atom stereocenters. The van der Waals surface area contributed by atoms with Gasteiger partial charge in [0.1, 0.15) is 6.67 Å². The Morgan fingerprint density at radius 3 is 2.48 bits per heavy atom. The summed E-state index contributed by atoms with van der Waals surface area (Å²) in [6, 6.07) is 2.52. The van der Waals surface area contributed by atoms with Gasteiger partial charge in [0, 0.05) is 6.42 Å². The molecule has 10 heteroatoms. The summed E-state index contributed by atoms with van der Waals surface area (Å²) in [5, 5.41) is 10.7. The number of benzene rings is 1. The van der Waals surface area contributed by atoms with Gasteiger partial charge in [-0.2, -0.15) is 13.2 Å². The van der Waals surface area contributed by atoms with Gasteiger partial charge in [-0.05, 0) is 24.1 Å². The summed E-state index contributed by atoms with van der Waals surface area (Å²) in [7, 11) is 1.25. The van der Waals surface area contributed by atoms with Crippen LogP contribution >= 0.6 is 0 Å². The number of methoxy groups -OCH3 is 1. The molecule has 1 amide bonds. The van der Waals surface area contributed by atoms with Crippen LogP contribution in [0.2, 0.25) is 0 Å².